The highest BCUT2D eigenvalue weighted by atomic mass is 32.1. The van der Waals surface area contributed by atoms with Gasteiger partial charge in [0, 0.05) is 0 Å². The van der Waals surface area contributed by atoms with Crippen LogP contribution in [0.25, 0.3) is 0 Å². The Balaban J connectivity index is 2.04. The van der Waals surface area contributed by atoms with Crippen LogP contribution in [0.5, 0.6) is 16.7 Å². The molecule has 5 nitrogen and oxygen atoms in total. The van der Waals surface area contributed by atoms with E-state index in [2.05, 4.69) is 4.98 Å². The van der Waals surface area contributed by atoms with Gasteiger partial charge in [0.1, 0.15) is 16.4 Å². The molecule has 0 atom stereocenters. The van der Waals surface area contributed by atoms with Crippen LogP contribution in [0.2, 0.25) is 0 Å². The van der Waals surface area contributed by atoms with Crippen molar-refractivity contribution in [2.75, 3.05) is 0 Å². The minimum atomic E-state index is -0.506. The maximum absolute atomic E-state index is 10.9. The van der Waals surface area contributed by atoms with Gasteiger partial charge in [-0.3, -0.25) is 4.79 Å². The van der Waals surface area contributed by atoms with Crippen LogP contribution >= 0.6 is 11.3 Å². The molecule has 19 heavy (non-hydrogen) atoms. The fraction of sp³-hybridized carbons (Fsp3) is 0.231. The molecule has 1 amide bonds. The molecule has 0 saturated carbocycles. The van der Waals surface area contributed by atoms with Crippen LogP contribution in [0.15, 0.2) is 30.5 Å². The number of carbonyl (C=O) groups is 1. The number of hydrogen-bond donors (Lipinski definition) is 1. The molecule has 1 aromatic heterocycles. The van der Waals surface area contributed by atoms with Crippen molar-refractivity contribution in [1.82, 2.24) is 4.98 Å². The van der Waals surface area contributed by atoms with Crippen LogP contribution in [0.4, 0.5) is 0 Å². The molecule has 2 aromatic rings. The van der Waals surface area contributed by atoms with Gasteiger partial charge in [-0.15, -0.1) is 0 Å². The molecule has 0 radical (unpaired) electrons. The second-order valence-electron chi connectivity index (χ2n) is 4.09. The van der Waals surface area contributed by atoms with Crippen LogP contribution in [-0.4, -0.2) is 17.0 Å². The van der Waals surface area contributed by atoms with Crippen molar-refractivity contribution >= 4 is 17.2 Å². The quantitative estimate of drug-likeness (QED) is 0.912. The van der Waals surface area contributed by atoms with E-state index in [0.717, 1.165) is 17.1 Å². The number of thiazole rings is 1. The monoisotopic (exact) mass is 278 g/mol. The summed E-state index contributed by atoms with van der Waals surface area (Å²) >= 11 is 1.11. The Morgan fingerprint density at radius 1 is 1.26 bits per heavy atom. The lowest BCUT2D eigenvalue weighted by Crippen LogP contribution is -2.08. The maximum Gasteiger partial charge on any atom is 0.279 e. The Kier molecular flexibility index (Phi) is 4.01. The highest BCUT2D eigenvalue weighted by Gasteiger charge is 2.08. The van der Waals surface area contributed by atoms with Gasteiger partial charge >= 0.3 is 0 Å². The molecule has 1 heterocycles. The lowest BCUT2D eigenvalue weighted by molar-refractivity contribution is 0.100. The molecule has 0 aliphatic carbocycles. The van der Waals surface area contributed by atoms with Crippen molar-refractivity contribution in [1.29, 1.82) is 0 Å². The van der Waals surface area contributed by atoms with Crippen molar-refractivity contribution in [2.45, 2.75) is 20.0 Å². The third kappa shape index (κ3) is 3.69. The summed E-state index contributed by atoms with van der Waals surface area (Å²) in [4.78, 5) is 15.3. The summed E-state index contributed by atoms with van der Waals surface area (Å²) in [7, 11) is 0. The van der Waals surface area contributed by atoms with Gasteiger partial charge in [-0.05, 0) is 38.1 Å². The number of aromatic nitrogens is 1. The first-order valence-corrected chi connectivity index (χ1v) is 6.56. The van der Waals surface area contributed by atoms with Crippen molar-refractivity contribution in [3.05, 3.63) is 35.3 Å². The van der Waals surface area contributed by atoms with Gasteiger partial charge < -0.3 is 15.2 Å². The normalized spacial score (nSPS) is 10.5. The average molecular weight is 278 g/mol. The van der Waals surface area contributed by atoms with Crippen molar-refractivity contribution in [2.24, 2.45) is 5.73 Å². The SMILES string of the molecule is CC(C)Oc1ccc(Oc2ncc(C(N)=O)s2)cc1. The second kappa shape index (κ2) is 5.71. The number of nitrogens with zero attached hydrogens (tertiary/aromatic N) is 1. The topological polar surface area (TPSA) is 74.4 Å². The molecule has 0 bridgehead atoms. The van der Waals surface area contributed by atoms with Crippen LogP contribution < -0.4 is 15.2 Å². The highest BCUT2D eigenvalue weighted by molar-refractivity contribution is 7.15. The van der Waals surface area contributed by atoms with E-state index in [-0.39, 0.29) is 6.10 Å². The average Bonchev–Trinajstić information content (AvgIpc) is 2.80. The zero-order valence-electron chi connectivity index (χ0n) is 10.6. The molecule has 0 fully saturated rings. The van der Waals surface area contributed by atoms with E-state index in [9.17, 15) is 4.79 Å². The largest absolute Gasteiger partial charge is 0.491 e. The number of hydrogen-bond acceptors (Lipinski definition) is 5. The van der Waals surface area contributed by atoms with Gasteiger partial charge in [0.05, 0.1) is 12.3 Å². The minimum absolute atomic E-state index is 0.129. The third-order valence-electron chi connectivity index (χ3n) is 2.13. The lowest BCUT2D eigenvalue weighted by atomic mass is 10.3. The molecule has 1 aromatic carbocycles. The van der Waals surface area contributed by atoms with Gasteiger partial charge in [-0.25, -0.2) is 4.98 Å². The molecule has 0 spiro atoms. The fourth-order valence-corrected chi connectivity index (χ4v) is 2.02. The number of rotatable bonds is 5. The number of ether oxygens (including phenoxy) is 2. The molecular weight excluding hydrogens is 264 g/mol. The number of amides is 1. The summed E-state index contributed by atoms with van der Waals surface area (Å²) in [5.41, 5.74) is 5.15. The van der Waals surface area contributed by atoms with Gasteiger partial charge in [0.25, 0.3) is 11.1 Å². The fourth-order valence-electron chi connectivity index (χ4n) is 1.38. The number of carbonyl (C=O) groups excluding carboxylic acids is 1. The van der Waals surface area contributed by atoms with Crippen LogP contribution in [0, 0.1) is 0 Å². The lowest BCUT2D eigenvalue weighted by Gasteiger charge is -2.09. The molecule has 0 unspecified atom stereocenters. The Labute approximate surface area is 115 Å². The predicted octanol–water partition coefficient (Wildman–Crippen LogP) is 2.82. The van der Waals surface area contributed by atoms with E-state index in [1.807, 2.05) is 26.0 Å². The molecule has 2 N–H and O–H groups in total. The predicted molar refractivity (Wildman–Crippen MR) is 72.9 cm³/mol. The highest BCUT2D eigenvalue weighted by Crippen LogP contribution is 2.27. The Morgan fingerprint density at radius 3 is 2.42 bits per heavy atom. The van der Waals surface area contributed by atoms with Gasteiger partial charge in [0.15, 0.2) is 0 Å². The smallest absolute Gasteiger partial charge is 0.279 e. The number of primary amides is 1. The summed E-state index contributed by atoms with van der Waals surface area (Å²) in [5.74, 6) is 0.897. The Bertz CT molecular complexity index is 564. The van der Waals surface area contributed by atoms with Crippen LogP contribution in [0.3, 0.4) is 0 Å². The number of benzene rings is 1. The van der Waals surface area contributed by atoms with Crippen molar-refractivity contribution in [3.8, 4) is 16.7 Å². The van der Waals surface area contributed by atoms with Gasteiger partial charge in [-0.1, -0.05) is 11.3 Å². The van der Waals surface area contributed by atoms with Gasteiger partial charge in [0.2, 0.25) is 0 Å². The molecule has 0 saturated heterocycles. The van der Waals surface area contributed by atoms with Crippen molar-refractivity contribution in [3.63, 3.8) is 0 Å². The third-order valence-corrected chi connectivity index (χ3v) is 3.02. The first-order chi connectivity index (χ1) is 9.04. The molecule has 100 valence electrons. The summed E-state index contributed by atoms with van der Waals surface area (Å²) in [5, 5.41) is 0.381. The standard InChI is InChI=1S/C13H14N2O3S/c1-8(2)17-9-3-5-10(6-4-9)18-13-15-7-11(19-13)12(14)16/h3-8H,1-2H3,(H2,14,16). The zero-order valence-corrected chi connectivity index (χ0v) is 11.4. The molecule has 0 aliphatic rings. The Hall–Kier alpha value is -2.08. The van der Waals surface area contributed by atoms with E-state index in [0.29, 0.717) is 15.8 Å². The van der Waals surface area contributed by atoms with Gasteiger partial charge in [-0.2, -0.15) is 0 Å². The summed E-state index contributed by atoms with van der Waals surface area (Å²) < 4.78 is 11.0. The van der Waals surface area contributed by atoms with E-state index in [1.54, 1.807) is 12.1 Å². The van der Waals surface area contributed by atoms with E-state index < -0.39 is 5.91 Å². The summed E-state index contributed by atoms with van der Waals surface area (Å²) in [6.45, 7) is 3.93. The van der Waals surface area contributed by atoms with Crippen LogP contribution in [-0.2, 0) is 0 Å². The van der Waals surface area contributed by atoms with Crippen molar-refractivity contribution < 1.29 is 14.3 Å². The molecule has 0 aliphatic heterocycles. The second-order valence-corrected chi connectivity index (χ2v) is 5.09. The van der Waals surface area contributed by atoms with E-state index in [4.69, 9.17) is 15.2 Å². The minimum Gasteiger partial charge on any atom is -0.491 e. The molecule has 2 rings (SSSR count). The Morgan fingerprint density at radius 2 is 1.89 bits per heavy atom. The summed E-state index contributed by atoms with van der Waals surface area (Å²) in [6.07, 6.45) is 1.53. The first kappa shape index (κ1) is 13.4. The summed E-state index contributed by atoms with van der Waals surface area (Å²) in [6, 6.07) is 7.20. The molecular formula is C13H14N2O3S. The zero-order chi connectivity index (χ0) is 13.8. The van der Waals surface area contributed by atoms with Crippen LogP contribution in [0.1, 0.15) is 23.5 Å². The van der Waals surface area contributed by atoms with E-state index in [1.165, 1.54) is 6.20 Å². The first-order valence-electron chi connectivity index (χ1n) is 5.75. The molecule has 6 heteroatoms. The maximum atomic E-state index is 10.9. The van der Waals surface area contributed by atoms with E-state index >= 15 is 0 Å². The number of nitrogens with two attached hydrogens (primary N) is 1.